The van der Waals surface area contributed by atoms with Crippen LogP contribution in [0.3, 0.4) is 0 Å². The van der Waals surface area contributed by atoms with E-state index in [1.54, 1.807) is 23.8 Å². The molecule has 0 atom stereocenters. The Hall–Kier alpha value is -3.27. The van der Waals surface area contributed by atoms with Crippen LogP contribution in [0.4, 0.5) is 17.6 Å². The van der Waals surface area contributed by atoms with E-state index < -0.39 is 35.6 Å². The van der Waals surface area contributed by atoms with Crippen LogP contribution in [0, 0.1) is 5.82 Å². The van der Waals surface area contributed by atoms with Gasteiger partial charge in [-0.25, -0.2) is 9.37 Å². The number of amides is 1. The van der Waals surface area contributed by atoms with Gasteiger partial charge in [0.15, 0.2) is 0 Å². The van der Waals surface area contributed by atoms with Crippen molar-refractivity contribution in [1.29, 1.82) is 0 Å². The average Bonchev–Trinajstić information content (AvgIpc) is 3.36. The molecule has 2 N–H and O–H groups in total. The number of hydrogen-bond donors (Lipinski definition) is 2. The Bertz CT molecular complexity index is 1180. The molecule has 0 aliphatic carbocycles. The minimum atomic E-state index is -4.73. The Balaban J connectivity index is 1.67. The molecule has 29 heavy (non-hydrogen) atoms. The first-order valence-corrected chi connectivity index (χ1v) is 9.21. The summed E-state index contributed by atoms with van der Waals surface area (Å²) in [4.78, 5) is 24.6. The molecule has 4 rings (SSSR count). The molecule has 0 aliphatic rings. The van der Waals surface area contributed by atoms with Crippen molar-refractivity contribution in [3.8, 4) is 10.4 Å². The van der Waals surface area contributed by atoms with Gasteiger partial charge >= 0.3 is 6.18 Å². The number of thiazole rings is 1. The molecular formula is C19H12F4N4OS. The number of imidazole rings is 1. The number of aromatic amines is 1. The van der Waals surface area contributed by atoms with Crippen LogP contribution >= 0.6 is 11.3 Å². The summed E-state index contributed by atoms with van der Waals surface area (Å²) in [6, 6.07) is 6.06. The Morgan fingerprint density at radius 1 is 1.24 bits per heavy atom. The van der Waals surface area contributed by atoms with Crippen molar-refractivity contribution in [2.75, 3.05) is 0 Å². The highest BCUT2D eigenvalue weighted by Crippen LogP contribution is 2.33. The van der Waals surface area contributed by atoms with Gasteiger partial charge in [-0.05, 0) is 29.8 Å². The van der Waals surface area contributed by atoms with E-state index in [0.29, 0.717) is 16.6 Å². The van der Waals surface area contributed by atoms with Crippen LogP contribution in [-0.2, 0) is 12.7 Å². The normalized spacial score (nSPS) is 11.7. The van der Waals surface area contributed by atoms with Gasteiger partial charge in [0.2, 0.25) is 0 Å². The van der Waals surface area contributed by atoms with Crippen LogP contribution in [0.1, 0.15) is 21.5 Å². The highest BCUT2D eigenvalue weighted by Gasteiger charge is 2.34. The fourth-order valence-corrected chi connectivity index (χ4v) is 3.60. The fourth-order valence-electron chi connectivity index (χ4n) is 2.99. The number of nitrogens with one attached hydrogen (secondary N) is 2. The lowest BCUT2D eigenvalue weighted by atomic mass is 10.0. The summed E-state index contributed by atoms with van der Waals surface area (Å²) >= 11 is 1.37. The Labute approximate surface area is 165 Å². The zero-order valence-corrected chi connectivity index (χ0v) is 15.4. The molecule has 0 fully saturated rings. The molecule has 0 radical (unpaired) electrons. The van der Waals surface area contributed by atoms with E-state index in [9.17, 15) is 22.4 Å². The maximum atomic E-state index is 14.0. The summed E-state index contributed by atoms with van der Waals surface area (Å²) in [5.74, 6) is -1.70. The second-order valence-electron chi connectivity index (χ2n) is 6.13. The highest BCUT2D eigenvalue weighted by atomic mass is 32.1. The lowest BCUT2D eigenvalue weighted by Gasteiger charge is -2.14. The molecule has 10 heteroatoms. The predicted molar refractivity (Wildman–Crippen MR) is 99.8 cm³/mol. The standard InChI is InChI=1S/C19H12F4N4OS/c20-14-3-1-2-13(19(21,22)23)12(14)6-25-18(28)11-4-10(16-7-24-9-29-16)5-15-17(11)27-8-26-15/h1-5,7-9H,6H2,(H,25,28)(H,26,27). The minimum absolute atomic E-state index is 0.164. The summed E-state index contributed by atoms with van der Waals surface area (Å²) < 4.78 is 53.5. The van der Waals surface area contributed by atoms with E-state index in [4.69, 9.17) is 0 Å². The van der Waals surface area contributed by atoms with E-state index in [0.717, 1.165) is 23.1 Å². The molecular weight excluding hydrogens is 408 g/mol. The quantitative estimate of drug-likeness (QED) is 0.467. The van der Waals surface area contributed by atoms with E-state index in [-0.39, 0.29) is 5.56 Å². The Morgan fingerprint density at radius 2 is 2.07 bits per heavy atom. The van der Waals surface area contributed by atoms with E-state index in [1.165, 1.54) is 17.7 Å². The van der Waals surface area contributed by atoms with Gasteiger partial charge in [-0.2, -0.15) is 13.2 Å². The first-order valence-electron chi connectivity index (χ1n) is 8.33. The number of halogens is 4. The van der Waals surface area contributed by atoms with Crippen LogP contribution in [-0.4, -0.2) is 20.9 Å². The Morgan fingerprint density at radius 3 is 2.79 bits per heavy atom. The molecule has 4 aromatic rings. The molecule has 1 amide bonds. The monoisotopic (exact) mass is 420 g/mol. The van der Waals surface area contributed by atoms with E-state index in [1.807, 2.05) is 0 Å². The summed E-state index contributed by atoms with van der Waals surface area (Å²) in [5.41, 5.74) is 1.71. The highest BCUT2D eigenvalue weighted by molar-refractivity contribution is 7.13. The second-order valence-corrected chi connectivity index (χ2v) is 7.02. The second kappa shape index (κ2) is 7.28. The van der Waals surface area contributed by atoms with Gasteiger partial charge in [0, 0.05) is 18.3 Å². The average molecular weight is 420 g/mol. The van der Waals surface area contributed by atoms with Gasteiger partial charge in [-0.3, -0.25) is 9.78 Å². The molecule has 0 saturated carbocycles. The first-order chi connectivity index (χ1) is 13.8. The van der Waals surface area contributed by atoms with Crippen molar-refractivity contribution in [3.05, 3.63) is 70.9 Å². The molecule has 148 valence electrons. The molecule has 0 saturated heterocycles. The maximum absolute atomic E-state index is 14.0. The smallest absolute Gasteiger partial charge is 0.348 e. The summed E-state index contributed by atoms with van der Waals surface area (Å²) in [7, 11) is 0. The topological polar surface area (TPSA) is 70.7 Å². The number of carbonyl (C=O) groups is 1. The fraction of sp³-hybridized carbons (Fsp3) is 0.105. The van der Waals surface area contributed by atoms with E-state index in [2.05, 4.69) is 20.3 Å². The van der Waals surface area contributed by atoms with Crippen molar-refractivity contribution in [3.63, 3.8) is 0 Å². The van der Waals surface area contributed by atoms with Gasteiger partial charge in [0.25, 0.3) is 5.91 Å². The molecule has 5 nitrogen and oxygen atoms in total. The molecule has 0 spiro atoms. The summed E-state index contributed by atoms with van der Waals surface area (Å²) in [6.07, 6.45) is -1.68. The van der Waals surface area contributed by atoms with Crippen molar-refractivity contribution >= 4 is 28.3 Å². The zero-order valence-electron chi connectivity index (χ0n) is 14.5. The van der Waals surface area contributed by atoms with Gasteiger partial charge in [-0.15, -0.1) is 11.3 Å². The third-order valence-electron chi connectivity index (χ3n) is 4.34. The van der Waals surface area contributed by atoms with Gasteiger partial charge in [-0.1, -0.05) is 6.07 Å². The van der Waals surface area contributed by atoms with Crippen LogP contribution in [0.5, 0.6) is 0 Å². The first kappa shape index (κ1) is 19.1. The van der Waals surface area contributed by atoms with Crippen LogP contribution in [0.15, 0.2) is 48.4 Å². The largest absolute Gasteiger partial charge is 0.416 e. The van der Waals surface area contributed by atoms with Crippen molar-refractivity contribution < 1.29 is 22.4 Å². The maximum Gasteiger partial charge on any atom is 0.416 e. The predicted octanol–water partition coefficient (Wildman–Crippen LogP) is 4.77. The Kier molecular flexibility index (Phi) is 4.79. The number of H-pyrrole nitrogens is 1. The lowest BCUT2D eigenvalue weighted by Crippen LogP contribution is -2.25. The van der Waals surface area contributed by atoms with Crippen molar-refractivity contribution in [2.45, 2.75) is 12.7 Å². The van der Waals surface area contributed by atoms with Crippen LogP contribution in [0.25, 0.3) is 21.5 Å². The van der Waals surface area contributed by atoms with Gasteiger partial charge in [0.1, 0.15) is 11.3 Å². The number of hydrogen-bond acceptors (Lipinski definition) is 4. The van der Waals surface area contributed by atoms with E-state index >= 15 is 0 Å². The lowest BCUT2D eigenvalue weighted by molar-refractivity contribution is -0.138. The third-order valence-corrected chi connectivity index (χ3v) is 5.16. The molecule has 2 aromatic carbocycles. The molecule has 0 bridgehead atoms. The zero-order chi connectivity index (χ0) is 20.6. The molecule has 2 aromatic heterocycles. The summed E-state index contributed by atoms with van der Waals surface area (Å²) in [6.45, 7) is -0.614. The summed E-state index contributed by atoms with van der Waals surface area (Å²) in [5, 5.41) is 2.38. The minimum Gasteiger partial charge on any atom is -0.348 e. The van der Waals surface area contributed by atoms with Crippen LogP contribution in [0.2, 0.25) is 0 Å². The van der Waals surface area contributed by atoms with Crippen molar-refractivity contribution in [2.24, 2.45) is 0 Å². The number of carbonyl (C=O) groups excluding carboxylic acids is 1. The third kappa shape index (κ3) is 3.70. The number of nitrogens with zero attached hydrogens (tertiary/aromatic N) is 2. The molecule has 2 heterocycles. The number of fused-ring (bicyclic) bond motifs is 1. The number of rotatable bonds is 4. The van der Waals surface area contributed by atoms with Crippen LogP contribution < -0.4 is 5.32 Å². The van der Waals surface area contributed by atoms with Gasteiger partial charge in [0.05, 0.1) is 33.4 Å². The SMILES string of the molecule is O=C(NCc1c(F)cccc1C(F)(F)F)c1cc(-c2cncs2)cc2[nH]cnc12. The number of benzene rings is 2. The van der Waals surface area contributed by atoms with Crippen molar-refractivity contribution in [1.82, 2.24) is 20.3 Å². The molecule has 0 aliphatic heterocycles. The number of alkyl halides is 3. The number of aromatic nitrogens is 3. The van der Waals surface area contributed by atoms with Gasteiger partial charge < -0.3 is 10.3 Å². The molecule has 0 unspecified atom stereocenters.